The molecule has 9 atom stereocenters. The molecule has 4 rings (SSSR count). The first-order valence-corrected chi connectivity index (χ1v) is 14.0. The van der Waals surface area contributed by atoms with E-state index in [1.165, 1.54) is 64.2 Å². The Morgan fingerprint density at radius 3 is 2.30 bits per heavy atom. The van der Waals surface area contributed by atoms with Crippen molar-refractivity contribution >= 4 is 0 Å². The highest BCUT2D eigenvalue weighted by molar-refractivity contribution is 5.09. The van der Waals surface area contributed by atoms with Gasteiger partial charge in [0.2, 0.25) is 0 Å². The summed E-state index contributed by atoms with van der Waals surface area (Å²) in [7, 11) is 0. The Morgan fingerprint density at radius 2 is 1.57 bits per heavy atom. The van der Waals surface area contributed by atoms with Gasteiger partial charge in [-0.25, -0.2) is 0 Å². The predicted octanol–water partition coefficient (Wildman–Crippen LogP) is 8.07. The largest absolute Gasteiger partial charge is 0.330 e. The third kappa shape index (κ3) is 4.04. The van der Waals surface area contributed by atoms with Gasteiger partial charge in [0.1, 0.15) is 0 Å². The molecule has 2 unspecified atom stereocenters. The van der Waals surface area contributed by atoms with Crippen molar-refractivity contribution in [2.24, 2.45) is 63.9 Å². The lowest BCUT2D eigenvalue weighted by atomic mass is 9.44. The van der Waals surface area contributed by atoms with Gasteiger partial charge in [-0.1, -0.05) is 53.9 Å². The standard InChI is InChI=1S/C29H53N/c1-20(2)7-6-8-21(3)25-11-12-26-24-10-9-23-19-22(15-18-30)13-16-28(23,4)27(24)14-17-29(25,26)5/h20-27H,6-19,30H2,1-5H3/t21-,22-,23+,24?,25?,26+,27+,28+,29-/m1/s1. The van der Waals surface area contributed by atoms with E-state index in [9.17, 15) is 0 Å². The molecule has 4 fully saturated rings. The van der Waals surface area contributed by atoms with Crippen LogP contribution in [0.25, 0.3) is 0 Å². The van der Waals surface area contributed by atoms with E-state index in [4.69, 9.17) is 5.73 Å². The summed E-state index contributed by atoms with van der Waals surface area (Å²) in [5, 5.41) is 0. The van der Waals surface area contributed by atoms with E-state index in [1.54, 1.807) is 19.3 Å². The fourth-order valence-corrected chi connectivity index (χ4v) is 9.87. The summed E-state index contributed by atoms with van der Waals surface area (Å²) in [6.07, 6.45) is 19.3. The zero-order chi connectivity index (χ0) is 21.5. The quantitative estimate of drug-likeness (QED) is 0.447. The number of hydrogen-bond acceptors (Lipinski definition) is 1. The molecule has 0 heterocycles. The summed E-state index contributed by atoms with van der Waals surface area (Å²) in [5.74, 6) is 7.85. The van der Waals surface area contributed by atoms with Crippen LogP contribution in [0.15, 0.2) is 0 Å². The van der Waals surface area contributed by atoms with Gasteiger partial charge in [0, 0.05) is 0 Å². The van der Waals surface area contributed by atoms with Gasteiger partial charge < -0.3 is 5.73 Å². The molecule has 0 aliphatic heterocycles. The second-order valence-corrected chi connectivity index (χ2v) is 13.4. The van der Waals surface area contributed by atoms with Crippen LogP contribution >= 0.6 is 0 Å². The van der Waals surface area contributed by atoms with E-state index in [0.29, 0.717) is 10.8 Å². The van der Waals surface area contributed by atoms with Crippen LogP contribution in [0.1, 0.15) is 118 Å². The molecule has 4 saturated carbocycles. The van der Waals surface area contributed by atoms with Crippen LogP contribution in [-0.2, 0) is 0 Å². The smallest absolute Gasteiger partial charge is 0.00746 e. The highest BCUT2D eigenvalue weighted by Crippen LogP contribution is 2.68. The SMILES string of the molecule is CC(C)CCC[C@@H](C)C1CC[C@H]2C3CC[C@H]4C[C@@H](CCN)CC[C@]4(C)[C@H]3CC[C@]12C. The summed E-state index contributed by atoms with van der Waals surface area (Å²) in [6, 6.07) is 0. The van der Waals surface area contributed by atoms with E-state index in [2.05, 4.69) is 34.6 Å². The van der Waals surface area contributed by atoms with Crippen molar-refractivity contribution in [1.82, 2.24) is 0 Å². The molecule has 2 N–H and O–H groups in total. The molecule has 0 aromatic rings. The van der Waals surface area contributed by atoms with Crippen molar-refractivity contribution < 1.29 is 0 Å². The first-order valence-electron chi connectivity index (χ1n) is 14.0. The van der Waals surface area contributed by atoms with Crippen LogP contribution < -0.4 is 5.73 Å². The highest BCUT2D eigenvalue weighted by atomic mass is 14.7. The molecule has 0 bridgehead atoms. The maximum Gasteiger partial charge on any atom is -0.00746 e. The molecule has 174 valence electrons. The van der Waals surface area contributed by atoms with Gasteiger partial charge in [-0.2, -0.15) is 0 Å². The van der Waals surface area contributed by atoms with Crippen molar-refractivity contribution in [3.8, 4) is 0 Å². The molecule has 4 aliphatic carbocycles. The Morgan fingerprint density at radius 1 is 0.833 bits per heavy atom. The third-order valence-corrected chi connectivity index (χ3v) is 11.6. The molecule has 0 radical (unpaired) electrons. The zero-order valence-electron chi connectivity index (χ0n) is 21.1. The second-order valence-electron chi connectivity index (χ2n) is 13.4. The predicted molar refractivity (Wildman–Crippen MR) is 130 cm³/mol. The van der Waals surface area contributed by atoms with Crippen LogP contribution in [0.3, 0.4) is 0 Å². The summed E-state index contributed by atoms with van der Waals surface area (Å²) >= 11 is 0. The fraction of sp³-hybridized carbons (Fsp3) is 1.00. The van der Waals surface area contributed by atoms with Gasteiger partial charge in [0.25, 0.3) is 0 Å². The fourth-order valence-electron chi connectivity index (χ4n) is 9.87. The molecule has 1 nitrogen and oxygen atoms in total. The van der Waals surface area contributed by atoms with Gasteiger partial charge in [0.05, 0.1) is 0 Å². The molecule has 0 saturated heterocycles. The second kappa shape index (κ2) is 9.07. The number of nitrogens with two attached hydrogens (primary N) is 1. The third-order valence-electron chi connectivity index (χ3n) is 11.6. The molecule has 1 heteroatoms. The summed E-state index contributed by atoms with van der Waals surface area (Å²) in [5.41, 5.74) is 7.22. The monoisotopic (exact) mass is 415 g/mol. The topological polar surface area (TPSA) is 26.0 Å². The van der Waals surface area contributed by atoms with Crippen LogP contribution in [-0.4, -0.2) is 6.54 Å². The minimum atomic E-state index is 0.649. The Bertz CT molecular complexity index is 569. The lowest BCUT2D eigenvalue weighted by Crippen LogP contribution is -2.53. The molecular weight excluding hydrogens is 362 g/mol. The summed E-state index contributed by atoms with van der Waals surface area (Å²) in [6.45, 7) is 13.8. The van der Waals surface area contributed by atoms with E-state index in [1.807, 2.05) is 0 Å². The van der Waals surface area contributed by atoms with Crippen LogP contribution in [0.4, 0.5) is 0 Å². The zero-order valence-corrected chi connectivity index (χ0v) is 21.1. The molecular formula is C29H53N. The summed E-state index contributed by atoms with van der Waals surface area (Å²) in [4.78, 5) is 0. The highest BCUT2D eigenvalue weighted by Gasteiger charge is 2.60. The molecule has 0 spiro atoms. The van der Waals surface area contributed by atoms with Crippen molar-refractivity contribution in [1.29, 1.82) is 0 Å². The lowest BCUT2D eigenvalue weighted by molar-refractivity contribution is -0.121. The van der Waals surface area contributed by atoms with Crippen molar-refractivity contribution in [3.63, 3.8) is 0 Å². The van der Waals surface area contributed by atoms with E-state index in [0.717, 1.165) is 53.9 Å². The average molecular weight is 416 g/mol. The Hall–Kier alpha value is -0.0400. The van der Waals surface area contributed by atoms with E-state index < -0.39 is 0 Å². The molecule has 30 heavy (non-hydrogen) atoms. The van der Waals surface area contributed by atoms with Crippen LogP contribution in [0.5, 0.6) is 0 Å². The van der Waals surface area contributed by atoms with E-state index >= 15 is 0 Å². The minimum absolute atomic E-state index is 0.649. The number of fused-ring (bicyclic) bond motifs is 5. The summed E-state index contributed by atoms with van der Waals surface area (Å²) < 4.78 is 0. The van der Waals surface area contributed by atoms with Crippen LogP contribution in [0, 0.1) is 58.2 Å². The molecule has 0 amide bonds. The van der Waals surface area contributed by atoms with Gasteiger partial charge in [0.15, 0.2) is 0 Å². The normalized spacial score (nSPS) is 46.9. The van der Waals surface area contributed by atoms with Gasteiger partial charge in [-0.05, 0) is 129 Å². The van der Waals surface area contributed by atoms with Crippen molar-refractivity contribution in [2.75, 3.05) is 6.54 Å². The van der Waals surface area contributed by atoms with Crippen molar-refractivity contribution in [2.45, 2.75) is 118 Å². The molecule has 4 aliphatic rings. The molecule has 0 aromatic carbocycles. The Labute approximate surface area is 188 Å². The lowest BCUT2D eigenvalue weighted by Gasteiger charge is -2.61. The Kier molecular flexibility index (Phi) is 6.99. The maximum atomic E-state index is 5.92. The van der Waals surface area contributed by atoms with Gasteiger partial charge in [-0.15, -0.1) is 0 Å². The molecule has 0 aromatic heterocycles. The minimum Gasteiger partial charge on any atom is -0.330 e. The Balaban J connectivity index is 1.43. The van der Waals surface area contributed by atoms with Gasteiger partial charge in [-0.3, -0.25) is 0 Å². The average Bonchev–Trinajstić information content (AvgIpc) is 3.05. The first-order chi connectivity index (χ1) is 14.3. The first kappa shape index (κ1) is 23.1. The number of rotatable bonds is 7. The van der Waals surface area contributed by atoms with E-state index in [-0.39, 0.29) is 0 Å². The van der Waals surface area contributed by atoms with Crippen molar-refractivity contribution in [3.05, 3.63) is 0 Å². The van der Waals surface area contributed by atoms with Crippen LogP contribution in [0.2, 0.25) is 0 Å². The maximum absolute atomic E-state index is 5.92. The number of hydrogen-bond donors (Lipinski definition) is 1. The van der Waals surface area contributed by atoms with Gasteiger partial charge >= 0.3 is 0 Å².